The van der Waals surface area contributed by atoms with Crippen LogP contribution < -0.4 is 5.32 Å². The van der Waals surface area contributed by atoms with Gasteiger partial charge in [-0.15, -0.1) is 0 Å². The molecule has 0 spiro atoms. The van der Waals surface area contributed by atoms with E-state index in [4.69, 9.17) is 0 Å². The van der Waals surface area contributed by atoms with E-state index in [1.807, 2.05) is 0 Å². The molecule has 2 heteroatoms. The van der Waals surface area contributed by atoms with E-state index in [1.165, 1.54) is 25.7 Å². The van der Waals surface area contributed by atoms with Crippen molar-refractivity contribution in [3.05, 3.63) is 0 Å². The van der Waals surface area contributed by atoms with Gasteiger partial charge in [-0.3, -0.25) is 0 Å². The minimum atomic E-state index is -0.131. The third-order valence-electron chi connectivity index (χ3n) is 3.00. The minimum absolute atomic E-state index is 0.131. The number of hydrogen-bond donors (Lipinski definition) is 2. The van der Waals surface area contributed by atoms with Crippen LogP contribution in [0, 0.1) is 5.92 Å². The van der Waals surface area contributed by atoms with Gasteiger partial charge in [-0.2, -0.15) is 0 Å². The van der Waals surface area contributed by atoms with Crippen molar-refractivity contribution in [3.63, 3.8) is 0 Å². The van der Waals surface area contributed by atoms with E-state index in [1.54, 1.807) is 0 Å². The Bertz CT molecular complexity index is 128. The highest BCUT2D eigenvalue weighted by molar-refractivity contribution is 4.74. The summed E-state index contributed by atoms with van der Waals surface area (Å²) < 4.78 is 0. The van der Waals surface area contributed by atoms with E-state index < -0.39 is 0 Å². The lowest BCUT2D eigenvalue weighted by molar-refractivity contribution is 0.115. The first-order valence-electron chi connectivity index (χ1n) is 5.61. The fourth-order valence-electron chi connectivity index (χ4n) is 1.90. The second-order valence-corrected chi connectivity index (χ2v) is 4.54. The van der Waals surface area contributed by atoms with E-state index in [-0.39, 0.29) is 6.10 Å². The van der Waals surface area contributed by atoms with Crippen LogP contribution in [-0.2, 0) is 0 Å². The zero-order valence-corrected chi connectivity index (χ0v) is 8.92. The molecule has 2 N–H and O–H groups in total. The smallest absolute Gasteiger partial charge is 0.0575 e. The van der Waals surface area contributed by atoms with Crippen LogP contribution in [-0.4, -0.2) is 23.8 Å². The zero-order valence-electron chi connectivity index (χ0n) is 8.92. The summed E-state index contributed by atoms with van der Waals surface area (Å²) in [5.41, 5.74) is 0. The predicted octanol–water partition coefficient (Wildman–Crippen LogP) is 1.93. The fraction of sp³-hybridized carbons (Fsp3) is 1.00. The highest BCUT2D eigenvalue weighted by Gasteiger charge is 2.15. The summed E-state index contributed by atoms with van der Waals surface area (Å²) in [6, 6.07) is 0.736. The van der Waals surface area contributed by atoms with Crippen LogP contribution in [0.25, 0.3) is 0 Å². The molecule has 0 aromatic carbocycles. The summed E-state index contributed by atoms with van der Waals surface area (Å²) in [7, 11) is 0. The number of hydrogen-bond acceptors (Lipinski definition) is 2. The van der Waals surface area contributed by atoms with E-state index in [0.29, 0.717) is 5.92 Å². The maximum Gasteiger partial charge on any atom is 0.0575 e. The Morgan fingerprint density at radius 2 is 1.92 bits per heavy atom. The van der Waals surface area contributed by atoms with Crippen molar-refractivity contribution in [1.82, 2.24) is 5.32 Å². The summed E-state index contributed by atoms with van der Waals surface area (Å²) in [5, 5.41) is 13.1. The Hall–Kier alpha value is -0.0800. The molecule has 1 fully saturated rings. The molecule has 0 bridgehead atoms. The van der Waals surface area contributed by atoms with Crippen LogP contribution in [0.1, 0.15) is 46.0 Å². The molecule has 13 heavy (non-hydrogen) atoms. The van der Waals surface area contributed by atoms with Gasteiger partial charge in [0.05, 0.1) is 6.10 Å². The van der Waals surface area contributed by atoms with Gasteiger partial charge in [-0.25, -0.2) is 0 Å². The molecule has 0 heterocycles. The average Bonchev–Trinajstić information content (AvgIpc) is 2.56. The van der Waals surface area contributed by atoms with Gasteiger partial charge >= 0.3 is 0 Å². The Morgan fingerprint density at radius 1 is 1.31 bits per heavy atom. The third-order valence-corrected chi connectivity index (χ3v) is 3.00. The predicted molar refractivity (Wildman–Crippen MR) is 55.7 cm³/mol. The summed E-state index contributed by atoms with van der Waals surface area (Å²) in [6.45, 7) is 5.12. The number of aliphatic hydroxyl groups is 1. The lowest BCUT2D eigenvalue weighted by Crippen LogP contribution is -2.30. The molecule has 0 aromatic heterocycles. The highest BCUT2D eigenvalue weighted by Crippen LogP contribution is 2.17. The van der Waals surface area contributed by atoms with Crippen molar-refractivity contribution in [2.45, 2.75) is 58.1 Å². The molecule has 0 radical (unpaired) electrons. The summed E-state index contributed by atoms with van der Waals surface area (Å²) >= 11 is 0. The van der Waals surface area contributed by atoms with Gasteiger partial charge < -0.3 is 10.4 Å². The van der Waals surface area contributed by atoms with Crippen molar-refractivity contribution in [2.75, 3.05) is 6.54 Å². The molecular weight excluding hydrogens is 162 g/mol. The first-order chi connectivity index (χ1) is 6.20. The molecule has 0 saturated heterocycles. The second-order valence-electron chi connectivity index (χ2n) is 4.54. The first-order valence-corrected chi connectivity index (χ1v) is 5.61. The van der Waals surface area contributed by atoms with Crippen LogP contribution in [0.3, 0.4) is 0 Å². The SMILES string of the molecule is CC(C)C(O)CCNC1CCCC1. The number of aliphatic hydroxyl groups excluding tert-OH is 1. The maximum absolute atomic E-state index is 9.56. The van der Waals surface area contributed by atoms with Crippen molar-refractivity contribution in [2.24, 2.45) is 5.92 Å². The fourth-order valence-corrected chi connectivity index (χ4v) is 1.90. The standard InChI is InChI=1S/C11H23NO/c1-9(2)11(13)7-8-12-10-5-3-4-6-10/h9-13H,3-8H2,1-2H3. The molecule has 1 aliphatic rings. The van der Waals surface area contributed by atoms with E-state index >= 15 is 0 Å². The largest absolute Gasteiger partial charge is 0.393 e. The molecule has 1 aliphatic carbocycles. The second kappa shape index (κ2) is 5.61. The number of nitrogens with one attached hydrogen (secondary N) is 1. The van der Waals surface area contributed by atoms with Gasteiger partial charge in [-0.1, -0.05) is 26.7 Å². The van der Waals surface area contributed by atoms with E-state index in [0.717, 1.165) is 19.0 Å². The lowest BCUT2D eigenvalue weighted by Gasteiger charge is -2.16. The lowest BCUT2D eigenvalue weighted by atomic mass is 10.0. The summed E-state index contributed by atoms with van der Waals surface area (Å²) in [5.74, 6) is 0.394. The van der Waals surface area contributed by atoms with Gasteiger partial charge in [0, 0.05) is 6.04 Å². The molecule has 2 nitrogen and oxygen atoms in total. The molecule has 1 rings (SSSR count). The highest BCUT2D eigenvalue weighted by atomic mass is 16.3. The summed E-state index contributed by atoms with van der Waals surface area (Å²) in [6.07, 6.45) is 6.19. The summed E-state index contributed by atoms with van der Waals surface area (Å²) in [4.78, 5) is 0. The van der Waals surface area contributed by atoms with Gasteiger partial charge in [0.1, 0.15) is 0 Å². The molecule has 1 saturated carbocycles. The first kappa shape index (κ1) is 11.0. The van der Waals surface area contributed by atoms with E-state index in [9.17, 15) is 5.11 Å². The zero-order chi connectivity index (χ0) is 9.68. The molecule has 78 valence electrons. The Balaban J connectivity index is 1.99. The molecular formula is C11H23NO. The molecule has 0 aliphatic heterocycles. The molecule has 0 amide bonds. The van der Waals surface area contributed by atoms with Gasteiger partial charge in [0.2, 0.25) is 0 Å². The molecule has 0 aromatic rings. The Labute approximate surface area is 81.7 Å². The Kier molecular flexibility index (Phi) is 4.74. The van der Waals surface area contributed by atoms with E-state index in [2.05, 4.69) is 19.2 Å². The number of rotatable bonds is 5. The van der Waals surface area contributed by atoms with Gasteiger partial charge in [0.25, 0.3) is 0 Å². The molecule has 1 unspecified atom stereocenters. The Morgan fingerprint density at radius 3 is 2.46 bits per heavy atom. The van der Waals surface area contributed by atoms with Crippen LogP contribution >= 0.6 is 0 Å². The monoisotopic (exact) mass is 185 g/mol. The topological polar surface area (TPSA) is 32.3 Å². The van der Waals surface area contributed by atoms with Crippen LogP contribution in [0.4, 0.5) is 0 Å². The van der Waals surface area contributed by atoms with Gasteiger partial charge in [-0.05, 0) is 31.7 Å². The third kappa shape index (κ3) is 4.10. The average molecular weight is 185 g/mol. The van der Waals surface area contributed by atoms with Crippen molar-refractivity contribution in [1.29, 1.82) is 0 Å². The minimum Gasteiger partial charge on any atom is -0.393 e. The molecule has 1 atom stereocenters. The van der Waals surface area contributed by atoms with Crippen LogP contribution in [0.2, 0.25) is 0 Å². The van der Waals surface area contributed by atoms with Crippen LogP contribution in [0.5, 0.6) is 0 Å². The van der Waals surface area contributed by atoms with Crippen molar-refractivity contribution < 1.29 is 5.11 Å². The maximum atomic E-state index is 9.56. The normalized spacial score (nSPS) is 21.2. The van der Waals surface area contributed by atoms with Crippen molar-refractivity contribution in [3.8, 4) is 0 Å². The van der Waals surface area contributed by atoms with Crippen LogP contribution in [0.15, 0.2) is 0 Å². The van der Waals surface area contributed by atoms with Gasteiger partial charge in [0.15, 0.2) is 0 Å². The quantitative estimate of drug-likeness (QED) is 0.686. The van der Waals surface area contributed by atoms with Crippen molar-refractivity contribution >= 4 is 0 Å².